The van der Waals surface area contributed by atoms with Crippen LogP contribution in [-0.4, -0.2) is 21.4 Å². The molecule has 0 saturated heterocycles. The third-order valence-electron chi connectivity index (χ3n) is 5.39. The molecule has 0 spiro atoms. The molecule has 0 atom stereocenters. The van der Waals surface area contributed by atoms with Crippen molar-refractivity contribution in [2.45, 2.75) is 22.5 Å². The Bertz CT molecular complexity index is 1440. The van der Waals surface area contributed by atoms with Gasteiger partial charge in [-0.1, -0.05) is 36.4 Å². The maximum atomic E-state index is 12.9. The zero-order valence-corrected chi connectivity index (χ0v) is 21.5. The molecule has 0 aliphatic heterocycles. The molecule has 0 unspecified atom stereocenters. The second-order valence-electron chi connectivity index (χ2n) is 8.09. The quantitative estimate of drug-likeness (QED) is 0.252. The molecule has 8 heteroatoms. The van der Waals surface area contributed by atoms with Crippen molar-refractivity contribution in [3.63, 3.8) is 0 Å². The molecule has 184 valence electrons. The van der Waals surface area contributed by atoms with Crippen LogP contribution in [0.25, 0.3) is 0 Å². The van der Waals surface area contributed by atoms with E-state index in [4.69, 9.17) is 4.74 Å². The van der Waals surface area contributed by atoms with Crippen molar-refractivity contribution in [2.24, 2.45) is 0 Å². The lowest BCUT2D eigenvalue weighted by Gasteiger charge is -2.13. The molecule has 0 bridgehead atoms. The second kappa shape index (κ2) is 11.3. The van der Waals surface area contributed by atoms with E-state index in [1.54, 1.807) is 48.2 Å². The Morgan fingerprint density at radius 3 is 2.25 bits per heavy atom. The first kappa shape index (κ1) is 25.3. The molecular formula is C28H26N2O4S2. The molecule has 4 aromatic rings. The van der Waals surface area contributed by atoms with Gasteiger partial charge in [0.05, 0.1) is 17.7 Å². The molecule has 0 fully saturated rings. The molecule has 0 radical (unpaired) electrons. The molecule has 1 amide bonds. The summed E-state index contributed by atoms with van der Waals surface area (Å²) in [6.07, 6.45) is 0. The van der Waals surface area contributed by atoms with Gasteiger partial charge in [-0.2, -0.15) is 0 Å². The highest BCUT2D eigenvalue weighted by Gasteiger charge is 2.17. The number of anilines is 2. The van der Waals surface area contributed by atoms with E-state index in [2.05, 4.69) is 22.2 Å². The molecule has 0 aromatic heterocycles. The molecular weight excluding hydrogens is 492 g/mol. The first-order chi connectivity index (χ1) is 17.3. The van der Waals surface area contributed by atoms with E-state index < -0.39 is 10.0 Å². The minimum atomic E-state index is -3.84. The Morgan fingerprint density at radius 1 is 0.889 bits per heavy atom. The molecule has 0 aliphatic rings. The third kappa shape index (κ3) is 6.47. The Balaban J connectivity index is 1.38. The lowest BCUT2D eigenvalue weighted by atomic mass is 10.1. The number of ether oxygens (including phenoxy) is 1. The van der Waals surface area contributed by atoms with Crippen LogP contribution >= 0.6 is 11.8 Å². The normalized spacial score (nSPS) is 11.1. The van der Waals surface area contributed by atoms with Crippen molar-refractivity contribution in [3.05, 3.63) is 114 Å². The van der Waals surface area contributed by atoms with Gasteiger partial charge in [-0.3, -0.25) is 9.52 Å². The number of benzene rings is 4. The second-order valence-corrected chi connectivity index (χ2v) is 10.8. The Morgan fingerprint density at radius 2 is 1.58 bits per heavy atom. The number of amides is 1. The molecule has 4 rings (SSSR count). The van der Waals surface area contributed by atoms with Crippen molar-refractivity contribution in [1.29, 1.82) is 0 Å². The predicted octanol–water partition coefficient (Wildman–Crippen LogP) is 6.35. The topological polar surface area (TPSA) is 84.5 Å². The van der Waals surface area contributed by atoms with Crippen LogP contribution in [0, 0.1) is 6.92 Å². The van der Waals surface area contributed by atoms with Crippen LogP contribution in [0.4, 0.5) is 11.4 Å². The van der Waals surface area contributed by atoms with Crippen molar-refractivity contribution in [2.75, 3.05) is 17.1 Å². The van der Waals surface area contributed by atoms with Gasteiger partial charge in [-0.25, -0.2) is 8.42 Å². The average molecular weight is 519 g/mol. The number of thioether (sulfide) groups is 1. The maximum Gasteiger partial charge on any atom is 0.262 e. The van der Waals surface area contributed by atoms with E-state index in [9.17, 15) is 13.2 Å². The molecule has 6 nitrogen and oxygen atoms in total. The van der Waals surface area contributed by atoms with E-state index >= 15 is 0 Å². The molecule has 0 saturated carbocycles. The van der Waals surface area contributed by atoms with E-state index in [0.717, 1.165) is 16.9 Å². The molecule has 0 heterocycles. The van der Waals surface area contributed by atoms with Gasteiger partial charge in [0, 0.05) is 21.9 Å². The number of carbonyl (C=O) groups is 1. The van der Waals surface area contributed by atoms with Gasteiger partial charge >= 0.3 is 0 Å². The zero-order valence-electron chi connectivity index (χ0n) is 19.9. The summed E-state index contributed by atoms with van der Waals surface area (Å²) < 4.78 is 33.5. The van der Waals surface area contributed by atoms with Crippen LogP contribution in [0.5, 0.6) is 5.75 Å². The number of methoxy groups -OCH3 is 1. The Labute approximate surface area is 215 Å². The van der Waals surface area contributed by atoms with Crippen molar-refractivity contribution in [3.8, 4) is 5.75 Å². The summed E-state index contributed by atoms with van der Waals surface area (Å²) in [5.41, 5.74) is 3.40. The van der Waals surface area contributed by atoms with Gasteiger partial charge in [-0.15, -0.1) is 11.8 Å². The van der Waals surface area contributed by atoms with Crippen molar-refractivity contribution < 1.29 is 17.9 Å². The van der Waals surface area contributed by atoms with Crippen LogP contribution in [-0.2, 0) is 15.8 Å². The van der Waals surface area contributed by atoms with Crippen molar-refractivity contribution >= 4 is 39.1 Å². The summed E-state index contributed by atoms with van der Waals surface area (Å²) in [6.45, 7) is 1.87. The first-order valence-electron chi connectivity index (χ1n) is 11.2. The number of hydrogen-bond donors (Lipinski definition) is 2. The molecule has 0 aliphatic carbocycles. The van der Waals surface area contributed by atoms with E-state index in [1.165, 1.54) is 24.1 Å². The largest absolute Gasteiger partial charge is 0.495 e. The fraction of sp³-hybridized carbons (Fsp3) is 0.107. The smallest absolute Gasteiger partial charge is 0.262 e. The van der Waals surface area contributed by atoms with Gasteiger partial charge in [-0.05, 0) is 78.7 Å². The first-order valence-corrected chi connectivity index (χ1v) is 13.7. The maximum absolute atomic E-state index is 12.9. The van der Waals surface area contributed by atoms with Crippen LogP contribution in [0.3, 0.4) is 0 Å². The van der Waals surface area contributed by atoms with Gasteiger partial charge < -0.3 is 10.1 Å². The fourth-order valence-electron chi connectivity index (χ4n) is 3.46. The number of nitrogens with one attached hydrogen (secondary N) is 2. The number of hydrogen-bond acceptors (Lipinski definition) is 5. The summed E-state index contributed by atoms with van der Waals surface area (Å²) in [5.74, 6) is 0.970. The number of sulfonamides is 1. The van der Waals surface area contributed by atoms with E-state index in [-0.39, 0.29) is 10.8 Å². The molecule has 4 aromatic carbocycles. The van der Waals surface area contributed by atoms with Crippen LogP contribution < -0.4 is 14.8 Å². The summed E-state index contributed by atoms with van der Waals surface area (Å²) >= 11 is 1.73. The Kier molecular flexibility index (Phi) is 7.97. The molecule has 36 heavy (non-hydrogen) atoms. The zero-order chi connectivity index (χ0) is 25.5. The third-order valence-corrected chi connectivity index (χ3v) is 7.85. The summed E-state index contributed by atoms with van der Waals surface area (Å²) in [5, 5.41) is 2.81. The lowest BCUT2D eigenvalue weighted by Crippen LogP contribution is -2.14. The van der Waals surface area contributed by atoms with Crippen molar-refractivity contribution in [1.82, 2.24) is 0 Å². The van der Waals surface area contributed by atoms with Crippen LogP contribution in [0.15, 0.2) is 107 Å². The van der Waals surface area contributed by atoms with Gasteiger partial charge in [0.15, 0.2) is 0 Å². The summed E-state index contributed by atoms with van der Waals surface area (Å²) in [4.78, 5) is 13.9. The number of aryl methyl sites for hydroxylation is 1. The predicted molar refractivity (Wildman–Crippen MR) is 145 cm³/mol. The van der Waals surface area contributed by atoms with Crippen LogP contribution in [0.2, 0.25) is 0 Å². The highest BCUT2D eigenvalue weighted by Crippen LogP contribution is 2.28. The minimum absolute atomic E-state index is 0.0735. The highest BCUT2D eigenvalue weighted by atomic mass is 32.2. The standard InChI is InChI=1S/C28H26N2O4S2/c1-20-8-17-27(34-2)26(18-20)30-36(32,33)25-15-13-23(14-16-25)29-28(31)22-11-9-21(10-12-22)19-35-24-6-4-3-5-7-24/h3-18,30H,19H2,1-2H3,(H,29,31). The summed E-state index contributed by atoms with van der Waals surface area (Å²) in [6, 6.07) is 28.9. The minimum Gasteiger partial charge on any atom is -0.495 e. The van der Waals surface area contributed by atoms with Crippen LogP contribution in [0.1, 0.15) is 21.5 Å². The SMILES string of the molecule is COc1ccc(C)cc1NS(=O)(=O)c1ccc(NC(=O)c2ccc(CSc3ccccc3)cc2)cc1. The number of carbonyl (C=O) groups excluding carboxylic acids is 1. The van der Waals surface area contributed by atoms with E-state index in [1.807, 2.05) is 43.3 Å². The highest BCUT2D eigenvalue weighted by molar-refractivity contribution is 7.98. The average Bonchev–Trinajstić information content (AvgIpc) is 2.88. The van der Waals surface area contributed by atoms with Gasteiger partial charge in [0.2, 0.25) is 0 Å². The molecule has 2 N–H and O–H groups in total. The lowest BCUT2D eigenvalue weighted by molar-refractivity contribution is 0.102. The summed E-state index contributed by atoms with van der Waals surface area (Å²) in [7, 11) is -2.35. The fourth-order valence-corrected chi connectivity index (χ4v) is 5.40. The number of rotatable bonds is 9. The van der Waals surface area contributed by atoms with E-state index in [0.29, 0.717) is 22.7 Å². The van der Waals surface area contributed by atoms with Gasteiger partial charge in [0.1, 0.15) is 5.75 Å². The monoisotopic (exact) mass is 518 g/mol. The Hall–Kier alpha value is -3.75. The van der Waals surface area contributed by atoms with Gasteiger partial charge in [0.25, 0.3) is 15.9 Å².